The number of anilines is 1. The van der Waals surface area contributed by atoms with Crippen LogP contribution in [0.1, 0.15) is 37.0 Å². The summed E-state index contributed by atoms with van der Waals surface area (Å²) in [4.78, 5) is 21.9. The maximum Gasteiger partial charge on any atom is 0.344 e. The predicted octanol–water partition coefficient (Wildman–Crippen LogP) is 1.31. The number of H-pyrrole nitrogens is 1. The highest BCUT2D eigenvalue weighted by Crippen LogP contribution is 2.14. The van der Waals surface area contributed by atoms with Crippen molar-refractivity contribution in [3.05, 3.63) is 26.2 Å². The molecular formula is C14H21BrN6O3S. The quantitative estimate of drug-likeness (QED) is 0.272. The van der Waals surface area contributed by atoms with E-state index in [1.807, 2.05) is 6.92 Å². The summed E-state index contributed by atoms with van der Waals surface area (Å²) in [7, 11) is 0. The van der Waals surface area contributed by atoms with Crippen LogP contribution in [0.25, 0.3) is 0 Å². The first-order valence-corrected chi connectivity index (χ1v) is 8.58. The van der Waals surface area contributed by atoms with E-state index in [1.165, 1.54) is 6.21 Å². The van der Waals surface area contributed by atoms with Gasteiger partial charge in [-0.25, -0.2) is 14.8 Å². The molecule has 0 saturated heterocycles. The van der Waals surface area contributed by atoms with Crippen molar-refractivity contribution >= 4 is 46.1 Å². The van der Waals surface area contributed by atoms with Crippen molar-refractivity contribution in [1.29, 1.82) is 0 Å². The minimum absolute atomic E-state index is 0.143. The Bertz CT molecular complexity index is 759. The van der Waals surface area contributed by atoms with Gasteiger partial charge in [0, 0.05) is 18.3 Å². The Morgan fingerprint density at radius 1 is 1.52 bits per heavy atom. The van der Waals surface area contributed by atoms with Crippen LogP contribution in [0.15, 0.2) is 15.2 Å². The highest BCUT2D eigenvalue weighted by Gasteiger charge is 2.22. The van der Waals surface area contributed by atoms with Gasteiger partial charge in [-0.15, -0.1) is 0 Å². The van der Waals surface area contributed by atoms with E-state index < -0.39 is 11.9 Å². The van der Waals surface area contributed by atoms with Gasteiger partial charge in [0.25, 0.3) is 5.97 Å². The molecule has 1 atom stereocenters. The van der Waals surface area contributed by atoms with Crippen LogP contribution in [0.5, 0.6) is 0 Å². The molecule has 25 heavy (non-hydrogen) atoms. The van der Waals surface area contributed by atoms with Gasteiger partial charge in [0.2, 0.25) is 0 Å². The number of carbonyl (C=O) groups is 1. The number of aryl methyl sites for hydroxylation is 1. The van der Waals surface area contributed by atoms with Crippen molar-refractivity contribution in [3.63, 3.8) is 0 Å². The first kappa shape index (κ1) is 21.2. The zero-order chi connectivity index (χ0) is 19.2. The number of hydrogen-bond acceptors (Lipinski definition) is 9. The number of aromatic amines is 1. The molecule has 0 radical (unpaired) electrons. The number of hydrogen-bond donors (Lipinski definition) is 5. The molecule has 0 aliphatic carbocycles. The summed E-state index contributed by atoms with van der Waals surface area (Å²) < 4.78 is 5.79. The molecule has 138 valence electrons. The summed E-state index contributed by atoms with van der Waals surface area (Å²) in [6.45, 7) is 5.70. The Hall–Kier alpha value is -1.82. The molecule has 0 bridgehead atoms. The van der Waals surface area contributed by atoms with E-state index in [-0.39, 0.29) is 22.6 Å². The van der Waals surface area contributed by atoms with E-state index in [2.05, 4.69) is 36.2 Å². The van der Waals surface area contributed by atoms with Crippen molar-refractivity contribution in [2.24, 2.45) is 10.7 Å². The average Bonchev–Trinajstić information content (AvgIpc) is 2.51. The van der Waals surface area contributed by atoms with Crippen LogP contribution in [0.4, 0.5) is 5.82 Å². The van der Waals surface area contributed by atoms with E-state index in [1.54, 1.807) is 13.8 Å². The lowest BCUT2D eigenvalue weighted by Gasteiger charge is -2.24. The number of aromatic nitrogens is 2. The average molecular weight is 433 g/mol. The third-order valence-corrected chi connectivity index (χ3v) is 4.01. The van der Waals surface area contributed by atoms with Crippen LogP contribution in [0, 0.1) is 4.64 Å². The number of nitrogens with two attached hydrogens (primary N) is 2. The third-order valence-electron chi connectivity index (χ3n) is 2.92. The maximum atomic E-state index is 11.5. The van der Waals surface area contributed by atoms with E-state index in [0.29, 0.717) is 12.2 Å². The monoisotopic (exact) mass is 432 g/mol. The van der Waals surface area contributed by atoms with Gasteiger partial charge in [0.15, 0.2) is 0 Å². The zero-order valence-electron chi connectivity index (χ0n) is 14.1. The van der Waals surface area contributed by atoms with Gasteiger partial charge < -0.3 is 25.9 Å². The second-order valence-corrected chi connectivity index (χ2v) is 6.17. The Kier molecular flexibility index (Phi) is 7.67. The number of carbonyl (C=O) groups excluding carboxylic acids is 1. The number of nitrogens with one attached hydrogen (secondary N) is 2. The Labute approximate surface area is 158 Å². The van der Waals surface area contributed by atoms with Crippen molar-refractivity contribution in [2.45, 2.75) is 33.2 Å². The number of aliphatic imine (C=N–C) groups is 1. The largest absolute Gasteiger partial charge is 0.462 e. The van der Waals surface area contributed by atoms with Gasteiger partial charge in [-0.05, 0) is 29.8 Å². The summed E-state index contributed by atoms with van der Waals surface area (Å²) in [6, 6.07) is 0. The van der Waals surface area contributed by atoms with Crippen LogP contribution < -0.4 is 16.8 Å². The number of halogens is 1. The lowest BCUT2D eigenvalue weighted by molar-refractivity contribution is 0.0302. The summed E-state index contributed by atoms with van der Waals surface area (Å²) in [5, 5.41) is 11.6. The fraction of sp³-hybridized carbons (Fsp3) is 0.429. The van der Waals surface area contributed by atoms with Gasteiger partial charge in [0.1, 0.15) is 21.8 Å². The van der Waals surface area contributed by atoms with Gasteiger partial charge in [-0.3, -0.25) is 5.73 Å². The SMILES string of the molecule is CC1=C(Br)C=NC(N)(O)N1.CCOC(=O)c1c(N)[nH]c(CC)nc1=S. The first-order chi connectivity index (χ1) is 11.6. The number of esters is 1. The summed E-state index contributed by atoms with van der Waals surface area (Å²) in [5.41, 5.74) is 11.8. The van der Waals surface area contributed by atoms with Crippen LogP contribution >= 0.6 is 28.1 Å². The molecule has 0 saturated carbocycles. The molecule has 1 unspecified atom stereocenters. The molecule has 0 aromatic carbocycles. The van der Waals surface area contributed by atoms with E-state index >= 15 is 0 Å². The van der Waals surface area contributed by atoms with Gasteiger partial charge in [-0.2, -0.15) is 0 Å². The topological polar surface area (TPSA) is 152 Å². The maximum absolute atomic E-state index is 11.5. The molecule has 11 heteroatoms. The second kappa shape index (κ2) is 9.04. The molecule has 0 spiro atoms. The lowest BCUT2D eigenvalue weighted by atomic mass is 10.3. The summed E-state index contributed by atoms with van der Waals surface area (Å²) in [6.07, 6.45) is 2.14. The summed E-state index contributed by atoms with van der Waals surface area (Å²) >= 11 is 8.18. The van der Waals surface area contributed by atoms with Crippen molar-refractivity contribution in [2.75, 3.05) is 12.3 Å². The zero-order valence-corrected chi connectivity index (χ0v) is 16.5. The molecule has 2 rings (SSSR count). The Morgan fingerprint density at radius 2 is 2.16 bits per heavy atom. The molecule has 0 amide bonds. The highest BCUT2D eigenvalue weighted by molar-refractivity contribution is 9.12. The summed E-state index contributed by atoms with van der Waals surface area (Å²) in [5.74, 6) is -1.30. The number of nitrogens with zero attached hydrogens (tertiary/aromatic N) is 2. The number of allylic oxidation sites excluding steroid dienone is 2. The Morgan fingerprint density at radius 3 is 2.60 bits per heavy atom. The van der Waals surface area contributed by atoms with E-state index in [0.717, 1.165) is 10.2 Å². The molecule has 0 fully saturated rings. The third kappa shape index (κ3) is 6.20. The van der Waals surface area contributed by atoms with E-state index in [9.17, 15) is 4.79 Å². The Balaban J connectivity index is 0.000000271. The van der Waals surface area contributed by atoms with Crippen molar-refractivity contribution in [3.8, 4) is 0 Å². The molecule has 2 heterocycles. The fourth-order valence-corrected chi connectivity index (χ4v) is 2.23. The number of nitrogen functional groups attached to an aromatic ring is 1. The van der Waals surface area contributed by atoms with Gasteiger partial charge in [-0.1, -0.05) is 19.1 Å². The van der Waals surface area contributed by atoms with Crippen molar-refractivity contribution in [1.82, 2.24) is 15.3 Å². The molecule has 9 nitrogen and oxygen atoms in total. The van der Waals surface area contributed by atoms with Crippen molar-refractivity contribution < 1.29 is 14.6 Å². The normalized spacial score (nSPS) is 19.0. The molecule has 7 N–H and O–H groups in total. The van der Waals surface area contributed by atoms with Crippen LogP contribution in [-0.2, 0) is 11.2 Å². The minimum atomic E-state index is -1.64. The number of rotatable bonds is 3. The predicted molar refractivity (Wildman–Crippen MR) is 102 cm³/mol. The highest BCUT2D eigenvalue weighted by atomic mass is 79.9. The minimum Gasteiger partial charge on any atom is -0.462 e. The number of aliphatic hydroxyl groups is 1. The molecule has 1 aromatic rings. The van der Waals surface area contributed by atoms with Crippen LogP contribution in [-0.4, -0.2) is 39.8 Å². The number of ether oxygens (including phenoxy) is 1. The fourth-order valence-electron chi connectivity index (χ4n) is 1.73. The standard InChI is InChI=1S/C9H13N3O2S.C5H8BrN3O/c1-3-5-11-7(10)6(8(15)12-5)9(13)14-4-2;1-3-4(6)2-8-5(7,10)9-3/h3-4H2,1-2H3,(H3,10,11,12,15);2,9-10H,7H2,1H3. The van der Waals surface area contributed by atoms with Gasteiger partial charge >= 0.3 is 5.97 Å². The van der Waals surface area contributed by atoms with Crippen LogP contribution in [0.3, 0.4) is 0 Å². The molecule has 1 aromatic heterocycles. The van der Waals surface area contributed by atoms with Gasteiger partial charge in [0.05, 0.1) is 11.1 Å². The van der Waals surface area contributed by atoms with Crippen LogP contribution in [0.2, 0.25) is 0 Å². The second-order valence-electron chi connectivity index (χ2n) is 4.93. The molecular weight excluding hydrogens is 412 g/mol. The molecule has 1 aliphatic heterocycles. The molecule has 1 aliphatic rings. The van der Waals surface area contributed by atoms with E-state index in [4.69, 9.17) is 33.5 Å². The smallest absolute Gasteiger partial charge is 0.344 e. The first-order valence-electron chi connectivity index (χ1n) is 7.38. The lowest BCUT2D eigenvalue weighted by Crippen LogP contribution is -2.52.